The van der Waals surface area contributed by atoms with Gasteiger partial charge in [0.2, 0.25) is 0 Å². The zero-order valence-electron chi connectivity index (χ0n) is 9.30. The van der Waals surface area contributed by atoms with E-state index in [1.165, 1.54) is 5.56 Å². The van der Waals surface area contributed by atoms with E-state index in [9.17, 15) is 0 Å². The number of anilines is 1. The van der Waals surface area contributed by atoms with Gasteiger partial charge in [-0.15, -0.1) is 0 Å². The lowest BCUT2D eigenvalue weighted by Crippen LogP contribution is -2.19. The molecule has 3 N–H and O–H groups in total. The number of hydrogen-bond donors (Lipinski definition) is 2. The second-order valence-electron chi connectivity index (χ2n) is 4.82. The summed E-state index contributed by atoms with van der Waals surface area (Å²) in [5, 5.41) is 3.40. The van der Waals surface area contributed by atoms with Gasteiger partial charge < -0.3 is 11.1 Å². The van der Waals surface area contributed by atoms with Gasteiger partial charge in [0.05, 0.1) is 0 Å². The summed E-state index contributed by atoms with van der Waals surface area (Å²) in [5.41, 5.74) is 8.20. The van der Waals surface area contributed by atoms with Gasteiger partial charge in [0, 0.05) is 18.8 Å². The summed E-state index contributed by atoms with van der Waals surface area (Å²) < 4.78 is 0. The van der Waals surface area contributed by atoms with Crippen LogP contribution in [0.5, 0.6) is 0 Å². The lowest BCUT2D eigenvalue weighted by atomic mass is 9.97. The van der Waals surface area contributed by atoms with Crippen LogP contribution in [0, 0.1) is 5.41 Å². The van der Waals surface area contributed by atoms with E-state index in [2.05, 4.69) is 38.2 Å². The largest absolute Gasteiger partial charge is 0.385 e. The number of nitrogens with two attached hydrogens (primary N) is 1. The molecule has 0 saturated carbocycles. The van der Waals surface area contributed by atoms with E-state index in [4.69, 9.17) is 5.73 Å². The molecule has 0 heterocycles. The third kappa shape index (κ3) is 3.79. The van der Waals surface area contributed by atoms with E-state index in [0.717, 1.165) is 12.2 Å². The van der Waals surface area contributed by atoms with Gasteiger partial charge in [0.25, 0.3) is 0 Å². The third-order valence-corrected chi connectivity index (χ3v) is 1.99. The van der Waals surface area contributed by atoms with Crippen molar-refractivity contribution in [3.05, 3.63) is 29.8 Å². The Bertz CT molecular complexity index is 287. The molecule has 1 aromatic rings. The molecule has 0 radical (unpaired) electrons. The molecule has 0 unspecified atom stereocenters. The minimum absolute atomic E-state index is 0.304. The van der Waals surface area contributed by atoms with Crippen molar-refractivity contribution in [2.24, 2.45) is 11.1 Å². The van der Waals surface area contributed by atoms with Crippen molar-refractivity contribution >= 4 is 5.69 Å². The highest BCUT2D eigenvalue weighted by molar-refractivity contribution is 5.45. The molecule has 0 amide bonds. The Labute approximate surface area is 86.5 Å². The summed E-state index contributed by atoms with van der Waals surface area (Å²) in [5.74, 6) is 0. The van der Waals surface area contributed by atoms with Crippen molar-refractivity contribution in [1.29, 1.82) is 0 Å². The molecule has 0 atom stereocenters. The Morgan fingerprint density at radius 3 is 2.57 bits per heavy atom. The first-order chi connectivity index (χ1) is 6.51. The van der Waals surface area contributed by atoms with Gasteiger partial charge in [-0.25, -0.2) is 0 Å². The molecular weight excluding hydrogens is 172 g/mol. The summed E-state index contributed by atoms with van der Waals surface area (Å²) in [6, 6.07) is 8.26. The standard InChI is InChI=1S/C12H20N2/c1-12(2,3)9-14-11-6-4-5-10(7-11)8-13/h4-7,14H,8-9,13H2,1-3H3. The van der Waals surface area contributed by atoms with Crippen LogP contribution in [0.4, 0.5) is 5.69 Å². The lowest BCUT2D eigenvalue weighted by molar-refractivity contribution is 0.443. The van der Waals surface area contributed by atoms with Gasteiger partial charge in [0.15, 0.2) is 0 Å². The highest BCUT2D eigenvalue weighted by Crippen LogP contribution is 2.16. The van der Waals surface area contributed by atoms with Crippen LogP contribution in [0.25, 0.3) is 0 Å². The minimum atomic E-state index is 0.304. The molecule has 0 spiro atoms. The Balaban J connectivity index is 2.59. The summed E-state index contributed by atoms with van der Waals surface area (Å²) in [4.78, 5) is 0. The van der Waals surface area contributed by atoms with E-state index < -0.39 is 0 Å². The van der Waals surface area contributed by atoms with Gasteiger partial charge in [-0.05, 0) is 23.1 Å². The van der Waals surface area contributed by atoms with Crippen LogP contribution >= 0.6 is 0 Å². The van der Waals surface area contributed by atoms with E-state index in [-0.39, 0.29) is 0 Å². The minimum Gasteiger partial charge on any atom is -0.385 e. The Hall–Kier alpha value is -1.02. The van der Waals surface area contributed by atoms with Crippen LogP contribution in [0.15, 0.2) is 24.3 Å². The maximum Gasteiger partial charge on any atom is 0.0343 e. The van der Waals surface area contributed by atoms with Crippen molar-refractivity contribution < 1.29 is 0 Å². The highest BCUT2D eigenvalue weighted by atomic mass is 14.9. The molecule has 2 nitrogen and oxygen atoms in total. The van der Waals surface area contributed by atoms with Crippen LogP contribution in [0.1, 0.15) is 26.3 Å². The number of benzene rings is 1. The van der Waals surface area contributed by atoms with E-state index >= 15 is 0 Å². The van der Waals surface area contributed by atoms with Gasteiger partial charge >= 0.3 is 0 Å². The number of rotatable bonds is 3. The first-order valence-corrected chi connectivity index (χ1v) is 5.04. The summed E-state index contributed by atoms with van der Waals surface area (Å²) in [6.45, 7) is 8.22. The molecule has 1 aromatic carbocycles. The molecule has 78 valence electrons. The van der Waals surface area contributed by atoms with E-state index in [1.54, 1.807) is 0 Å². The van der Waals surface area contributed by atoms with Gasteiger partial charge in [0.1, 0.15) is 0 Å². The smallest absolute Gasteiger partial charge is 0.0343 e. The average molecular weight is 192 g/mol. The molecule has 0 bridgehead atoms. The molecule has 0 fully saturated rings. The van der Waals surface area contributed by atoms with Crippen LogP contribution in [-0.4, -0.2) is 6.54 Å². The molecule has 1 rings (SSSR count). The average Bonchev–Trinajstić information content (AvgIpc) is 2.14. The zero-order chi connectivity index (χ0) is 10.6. The number of nitrogens with one attached hydrogen (secondary N) is 1. The molecule has 2 heteroatoms. The van der Waals surface area contributed by atoms with E-state index in [0.29, 0.717) is 12.0 Å². The molecule has 0 aliphatic carbocycles. The first kappa shape index (κ1) is 11.1. The van der Waals surface area contributed by atoms with Gasteiger partial charge in [-0.2, -0.15) is 0 Å². The fourth-order valence-electron chi connectivity index (χ4n) is 1.18. The second kappa shape index (κ2) is 4.47. The SMILES string of the molecule is CC(C)(C)CNc1cccc(CN)c1. The summed E-state index contributed by atoms with van der Waals surface area (Å²) in [7, 11) is 0. The molecule has 0 aliphatic rings. The highest BCUT2D eigenvalue weighted by Gasteiger charge is 2.08. The number of hydrogen-bond acceptors (Lipinski definition) is 2. The monoisotopic (exact) mass is 192 g/mol. The topological polar surface area (TPSA) is 38.0 Å². The van der Waals surface area contributed by atoms with Crippen molar-refractivity contribution in [2.45, 2.75) is 27.3 Å². The first-order valence-electron chi connectivity index (χ1n) is 5.04. The zero-order valence-corrected chi connectivity index (χ0v) is 9.30. The second-order valence-corrected chi connectivity index (χ2v) is 4.82. The maximum atomic E-state index is 5.57. The predicted molar refractivity (Wildman–Crippen MR) is 62.3 cm³/mol. The van der Waals surface area contributed by atoms with E-state index in [1.807, 2.05) is 12.1 Å². The van der Waals surface area contributed by atoms with Crippen molar-refractivity contribution in [3.63, 3.8) is 0 Å². The Kier molecular flexibility index (Phi) is 3.53. The van der Waals surface area contributed by atoms with Crippen LogP contribution in [0.3, 0.4) is 0 Å². The normalized spacial score (nSPS) is 11.4. The van der Waals surface area contributed by atoms with Crippen LogP contribution in [0.2, 0.25) is 0 Å². The molecule has 0 aromatic heterocycles. The molecule has 0 saturated heterocycles. The lowest BCUT2D eigenvalue weighted by Gasteiger charge is -2.19. The van der Waals surface area contributed by atoms with Crippen LogP contribution in [-0.2, 0) is 6.54 Å². The molecule has 14 heavy (non-hydrogen) atoms. The van der Waals surface area contributed by atoms with Gasteiger partial charge in [-0.1, -0.05) is 32.9 Å². The molecule has 0 aliphatic heterocycles. The molecular formula is C12H20N2. The van der Waals surface area contributed by atoms with Gasteiger partial charge in [-0.3, -0.25) is 0 Å². The van der Waals surface area contributed by atoms with Crippen molar-refractivity contribution in [2.75, 3.05) is 11.9 Å². The van der Waals surface area contributed by atoms with Crippen LogP contribution < -0.4 is 11.1 Å². The quantitative estimate of drug-likeness (QED) is 0.772. The van der Waals surface area contributed by atoms with Crippen molar-refractivity contribution in [3.8, 4) is 0 Å². The Morgan fingerprint density at radius 2 is 2.00 bits per heavy atom. The third-order valence-electron chi connectivity index (χ3n) is 1.99. The Morgan fingerprint density at radius 1 is 1.29 bits per heavy atom. The predicted octanol–water partition coefficient (Wildman–Crippen LogP) is 2.60. The van der Waals surface area contributed by atoms with Crippen molar-refractivity contribution in [1.82, 2.24) is 0 Å². The maximum absolute atomic E-state index is 5.57. The fourth-order valence-corrected chi connectivity index (χ4v) is 1.18. The summed E-state index contributed by atoms with van der Waals surface area (Å²) in [6.07, 6.45) is 0. The fraction of sp³-hybridized carbons (Fsp3) is 0.500. The summed E-state index contributed by atoms with van der Waals surface area (Å²) >= 11 is 0.